The van der Waals surface area contributed by atoms with Gasteiger partial charge >= 0.3 is 5.97 Å². The van der Waals surface area contributed by atoms with Crippen molar-refractivity contribution in [3.8, 4) is 0 Å². The van der Waals surface area contributed by atoms with Crippen molar-refractivity contribution in [1.29, 1.82) is 0 Å². The van der Waals surface area contributed by atoms with Gasteiger partial charge in [-0.25, -0.2) is 4.79 Å². The van der Waals surface area contributed by atoms with Gasteiger partial charge in [0.25, 0.3) is 0 Å². The van der Waals surface area contributed by atoms with Gasteiger partial charge in [0.1, 0.15) is 24.9 Å². The van der Waals surface area contributed by atoms with Crippen molar-refractivity contribution in [2.24, 2.45) is 0 Å². The number of rotatable bonds is 5. The van der Waals surface area contributed by atoms with Crippen molar-refractivity contribution >= 4 is 5.97 Å². The molecule has 0 unspecified atom stereocenters. The van der Waals surface area contributed by atoms with Crippen LogP contribution in [0.15, 0.2) is 0 Å². The van der Waals surface area contributed by atoms with Crippen molar-refractivity contribution in [3.63, 3.8) is 0 Å². The van der Waals surface area contributed by atoms with Crippen molar-refractivity contribution in [3.05, 3.63) is 0 Å². The predicted octanol–water partition coefficient (Wildman–Crippen LogP) is -0.197. The van der Waals surface area contributed by atoms with E-state index >= 15 is 0 Å². The Hall–Kier alpha value is -0.730. The van der Waals surface area contributed by atoms with Gasteiger partial charge in [0.15, 0.2) is 12.1 Å². The van der Waals surface area contributed by atoms with Crippen LogP contribution in [0.5, 0.6) is 0 Å². The summed E-state index contributed by atoms with van der Waals surface area (Å²) in [6, 6.07) is 0. The third kappa shape index (κ3) is 3.24. The maximum atomic E-state index is 11.3. The highest BCUT2D eigenvalue weighted by Crippen LogP contribution is 2.38. The molecular formula is C12H20O7. The average Bonchev–Trinajstić information content (AvgIpc) is 2.78. The molecular weight excluding hydrogens is 256 g/mol. The first-order valence-electron chi connectivity index (χ1n) is 6.36. The van der Waals surface area contributed by atoms with Crippen molar-refractivity contribution in [2.45, 2.75) is 51.2 Å². The number of carbonyl (C=O) groups excluding carboxylic acids is 1. The molecule has 0 saturated carbocycles. The Kier molecular flexibility index (Phi) is 4.42. The summed E-state index contributed by atoms with van der Waals surface area (Å²) < 4.78 is 27.0. The SMILES string of the molecule is CCOC(=O)CO[C@@H]1[C@H]2OC(C)(C)O[C@H]2O[C@@H]1CO. The van der Waals surface area contributed by atoms with E-state index in [2.05, 4.69) is 0 Å². The fraction of sp³-hybridized carbons (Fsp3) is 0.917. The second-order valence-corrected chi connectivity index (χ2v) is 4.91. The first kappa shape index (κ1) is 14.7. The lowest BCUT2D eigenvalue weighted by Gasteiger charge is -2.24. The van der Waals surface area contributed by atoms with Gasteiger partial charge < -0.3 is 28.8 Å². The van der Waals surface area contributed by atoms with Crippen LogP contribution in [0, 0.1) is 0 Å². The molecule has 7 nitrogen and oxygen atoms in total. The fourth-order valence-electron chi connectivity index (χ4n) is 2.26. The molecule has 110 valence electrons. The third-order valence-corrected chi connectivity index (χ3v) is 2.97. The number of aliphatic hydroxyl groups excluding tert-OH is 1. The van der Waals surface area contributed by atoms with Gasteiger partial charge in [-0.05, 0) is 20.8 Å². The lowest BCUT2D eigenvalue weighted by Crippen LogP contribution is -2.39. The van der Waals surface area contributed by atoms with Gasteiger partial charge in [-0.1, -0.05) is 0 Å². The smallest absolute Gasteiger partial charge is 0.332 e. The molecule has 0 aliphatic carbocycles. The lowest BCUT2D eigenvalue weighted by molar-refractivity contribution is -0.222. The molecule has 2 aliphatic heterocycles. The average molecular weight is 276 g/mol. The van der Waals surface area contributed by atoms with Crippen LogP contribution < -0.4 is 0 Å². The van der Waals surface area contributed by atoms with E-state index in [1.807, 2.05) is 0 Å². The van der Waals surface area contributed by atoms with E-state index in [-0.39, 0.29) is 13.2 Å². The van der Waals surface area contributed by atoms with E-state index in [9.17, 15) is 9.90 Å². The summed E-state index contributed by atoms with van der Waals surface area (Å²) in [5.74, 6) is -1.22. The topological polar surface area (TPSA) is 83.5 Å². The monoisotopic (exact) mass is 276 g/mol. The number of hydrogen-bond acceptors (Lipinski definition) is 7. The maximum absolute atomic E-state index is 11.3. The van der Waals surface area contributed by atoms with Crippen LogP contribution in [0.1, 0.15) is 20.8 Å². The zero-order chi connectivity index (χ0) is 14.0. The number of hydrogen-bond donors (Lipinski definition) is 1. The molecule has 0 spiro atoms. The molecule has 7 heteroatoms. The van der Waals surface area contributed by atoms with E-state index in [1.54, 1.807) is 20.8 Å². The van der Waals surface area contributed by atoms with Crippen LogP contribution >= 0.6 is 0 Å². The Balaban J connectivity index is 1.94. The molecule has 0 bridgehead atoms. The zero-order valence-corrected chi connectivity index (χ0v) is 11.3. The van der Waals surface area contributed by atoms with Crippen LogP contribution in [0.2, 0.25) is 0 Å². The molecule has 0 aromatic rings. The van der Waals surface area contributed by atoms with Gasteiger partial charge in [-0.15, -0.1) is 0 Å². The minimum Gasteiger partial charge on any atom is -0.464 e. The largest absolute Gasteiger partial charge is 0.464 e. The Morgan fingerprint density at radius 2 is 2.11 bits per heavy atom. The molecule has 0 aromatic heterocycles. The Morgan fingerprint density at radius 1 is 1.37 bits per heavy atom. The number of esters is 1. The van der Waals surface area contributed by atoms with Crippen molar-refractivity contribution in [1.82, 2.24) is 0 Å². The zero-order valence-electron chi connectivity index (χ0n) is 11.3. The summed E-state index contributed by atoms with van der Waals surface area (Å²) >= 11 is 0. The van der Waals surface area contributed by atoms with E-state index < -0.39 is 36.4 Å². The highest BCUT2D eigenvalue weighted by atomic mass is 16.8. The van der Waals surface area contributed by atoms with E-state index in [0.717, 1.165) is 0 Å². The molecule has 0 amide bonds. The molecule has 2 aliphatic rings. The quantitative estimate of drug-likeness (QED) is 0.696. The van der Waals surface area contributed by atoms with Gasteiger partial charge in [-0.2, -0.15) is 0 Å². The summed E-state index contributed by atoms with van der Waals surface area (Å²) in [4.78, 5) is 11.3. The van der Waals surface area contributed by atoms with Crippen LogP contribution in [-0.2, 0) is 28.5 Å². The molecule has 0 radical (unpaired) electrons. The van der Waals surface area contributed by atoms with Gasteiger partial charge in [0.2, 0.25) is 0 Å². The number of ether oxygens (including phenoxy) is 5. The number of aliphatic hydroxyl groups is 1. The standard InChI is InChI=1S/C12H20O7/c1-4-15-8(14)6-16-9-7(5-13)17-11-10(9)18-12(2,3)19-11/h7,9-11,13H,4-6H2,1-3H3/t7-,9+,10-,11-/m1/s1. The van der Waals surface area contributed by atoms with Crippen molar-refractivity contribution < 1.29 is 33.6 Å². The molecule has 2 heterocycles. The predicted molar refractivity (Wildman–Crippen MR) is 62.2 cm³/mol. The molecule has 4 atom stereocenters. The summed E-state index contributed by atoms with van der Waals surface area (Å²) in [6.07, 6.45) is -2.16. The minimum atomic E-state index is -0.763. The first-order valence-corrected chi connectivity index (χ1v) is 6.36. The molecule has 1 N–H and O–H groups in total. The van der Waals surface area contributed by atoms with E-state index in [4.69, 9.17) is 23.7 Å². The van der Waals surface area contributed by atoms with Crippen LogP contribution in [0.3, 0.4) is 0 Å². The molecule has 19 heavy (non-hydrogen) atoms. The highest BCUT2D eigenvalue weighted by molar-refractivity contribution is 5.70. The summed E-state index contributed by atoms with van der Waals surface area (Å²) in [6.45, 7) is 5.13. The van der Waals surface area contributed by atoms with Crippen LogP contribution in [-0.4, -0.2) is 61.3 Å². The summed E-state index contributed by atoms with van der Waals surface area (Å²) in [5, 5.41) is 9.26. The summed E-state index contributed by atoms with van der Waals surface area (Å²) in [7, 11) is 0. The first-order chi connectivity index (χ1) is 8.96. The van der Waals surface area contributed by atoms with Gasteiger partial charge in [0, 0.05) is 0 Å². The molecule has 2 rings (SSSR count). The van der Waals surface area contributed by atoms with Gasteiger partial charge in [-0.3, -0.25) is 0 Å². The Morgan fingerprint density at radius 3 is 2.74 bits per heavy atom. The fourth-order valence-corrected chi connectivity index (χ4v) is 2.26. The Bertz CT molecular complexity index is 330. The number of fused-ring (bicyclic) bond motifs is 1. The number of carbonyl (C=O) groups is 1. The third-order valence-electron chi connectivity index (χ3n) is 2.97. The van der Waals surface area contributed by atoms with Gasteiger partial charge in [0.05, 0.1) is 13.2 Å². The van der Waals surface area contributed by atoms with Crippen molar-refractivity contribution in [2.75, 3.05) is 19.8 Å². The lowest BCUT2D eigenvalue weighted by atomic mass is 10.1. The highest BCUT2D eigenvalue weighted by Gasteiger charge is 2.55. The molecule has 0 aromatic carbocycles. The van der Waals surface area contributed by atoms with Crippen LogP contribution in [0.4, 0.5) is 0 Å². The molecule has 2 fully saturated rings. The minimum absolute atomic E-state index is 0.203. The normalized spacial score (nSPS) is 36.2. The summed E-state index contributed by atoms with van der Waals surface area (Å²) in [5.41, 5.74) is 0. The second kappa shape index (κ2) is 5.72. The van der Waals surface area contributed by atoms with Crippen LogP contribution in [0.25, 0.3) is 0 Å². The van der Waals surface area contributed by atoms with E-state index in [0.29, 0.717) is 6.61 Å². The second-order valence-electron chi connectivity index (χ2n) is 4.91. The van der Waals surface area contributed by atoms with E-state index in [1.165, 1.54) is 0 Å². The Labute approximate surface area is 111 Å². The maximum Gasteiger partial charge on any atom is 0.332 e. The molecule has 2 saturated heterocycles.